The molecule has 5 N–H and O–H groups in total. The fraction of sp³-hybridized carbons (Fsp3) is 0.588. The molecule has 166 valence electrons. The summed E-state index contributed by atoms with van der Waals surface area (Å²) in [6.07, 6.45) is 0. The number of aromatic hydroxyl groups is 1. The van der Waals surface area contributed by atoms with Gasteiger partial charge < -0.3 is 26.0 Å². The van der Waals surface area contributed by atoms with Gasteiger partial charge in [0.15, 0.2) is 5.75 Å². The Balaban J connectivity index is 0. The molecule has 0 bridgehead atoms. The predicted molar refractivity (Wildman–Crippen MR) is 107 cm³/mol. The van der Waals surface area contributed by atoms with Crippen LogP contribution in [0.15, 0.2) is 9.59 Å². The van der Waals surface area contributed by atoms with Gasteiger partial charge in [-0.25, -0.2) is 0 Å². The van der Waals surface area contributed by atoms with E-state index in [1.54, 1.807) is 4.90 Å². The van der Waals surface area contributed by atoms with Crippen molar-refractivity contribution in [2.75, 3.05) is 58.7 Å². The molecule has 0 saturated carbocycles. The van der Waals surface area contributed by atoms with Gasteiger partial charge in [0.25, 0.3) is 10.9 Å². The van der Waals surface area contributed by atoms with E-state index in [2.05, 4.69) is 10.6 Å². The quantitative estimate of drug-likeness (QED) is 0.256. The first kappa shape index (κ1) is 28.2. The number of rotatable bonds is 11. The Labute approximate surface area is 168 Å². The number of likely N-dealkylation sites (N-methyl/N-ethyl adjacent to an activating group) is 2. The topological polar surface area (TPSA) is 177 Å². The first-order valence-electron chi connectivity index (χ1n) is 8.36. The van der Waals surface area contributed by atoms with Crippen LogP contribution in [0, 0.1) is 0 Å². The second-order valence-corrected chi connectivity index (χ2v) is 5.67. The third kappa shape index (κ3) is 10.2. The minimum atomic E-state index is -1.02. The van der Waals surface area contributed by atoms with Crippen molar-refractivity contribution in [3.63, 3.8) is 0 Å². The van der Waals surface area contributed by atoms with Crippen molar-refractivity contribution in [2.24, 2.45) is 0 Å². The molecule has 0 saturated heterocycles. The number of nitrogens with one attached hydrogen (secondary N) is 2. The molecule has 1 aromatic rings. The first-order valence-corrected chi connectivity index (χ1v) is 8.36. The number of amides is 1. The van der Waals surface area contributed by atoms with Gasteiger partial charge in [-0.05, 0) is 6.54 Å². The van der Waals surface area contributed by atoms with E-state index >= 15 is 0 Å². The van der Waals surface area contributed by atoms with Gasteiger partial charge in [-0.1, -0.05) is 14.4 Å². The molecule has 0 spiro atoms. The molecular formula is C17H30N4O8. The predicted octanol–water partition coefficient (Wildman–Crippen LogP) is -1.81. The molecule has 1 amide bonds. The first-order chi connectivity index (χ1) is 13.1. The molecule has 0 fully saturated rings. The number of carbonyl (C=O) groups excluding carboxylic acids is 1. The lowest BCUT2D eigenvalue weighted by molar-refractivity contribution is -0.140. The van der Waals surface area contributed by atoms with Crippen LogP contribution in [0.1, 0.15) is 14.4 Å². The molecule has 0 heterocycles. The molecule has 12 nitrogen and oxygen atoms in total. The van der Waals surface area contributed by atoms with Crippen LogP contribution in [-0.4, -0.2) is 96.3 Å². The van der Waals surface area contributed by atoms with Crippen molar-refractivity contribution >= 4 is 23.5 Å². The van der Waals surface area contributed by atoms with E-state index in [0.717, 1.165) is 0 Å². The van der Waals surface area contributed by atoms with Gasteiger partial charge in [-0.2, -0.15) is 0 Å². The van der Waals surface area contributed by atoms with Crippen LogP contribution in [-0.2, 0) is 14.4 Å². The number of anilines is 1. The maximum atomic E-state index is 11.2. The van der Waals surface area contributed by atoms with Gasteiger partial charge >= 0.3 is 11.9 Å². The van der Waals surface area contributed by atoms with E-state index in [4.69, 9.17) is 15.3 Å². The number of nitrogens with zero attached hydrogens (tertiary/aromatic N) is 2. The summed E-state index contributed by atoms with van der Waals surface area (Å²) in [5.41, 5.74) is -1.44. The third-order valence-corrected chi connectivity index (χ3v) is 3.68. The van der Waals surface area contributed by atoms with E-state index in [-0.39, 0.29) is 38.7 Å². The van der Waals surface area contributed by atoms with Gasteiger partial charge in [0, 0.05) is 27.2 Å². The zero-order chi connectivity index (χ0) is 21.9. The van der Waals surface area contributed by atoms with E-state index < -0.39 is 28.5 Å². The highest BCUT2D eigenvalue weighted by Gasteiger charge is 2.17. The molecule has 12 heteroatoms. The van der Waals surface area contributed by atoms with Crippen molar-refractivity contribution in [3.8, 4) is 5.75 Å². The third-order valence-electron chi connectivity index (χ3n) is 3.68. The molecule has 0 atom stereocenters. The van der Waals surface area contributed by atoms with Crippen molar-refractivity contribution in [1.29, 1.82) is 0 Å². The van der Waals surface area contributed by atoms with E-state index in [0.29, 0.717) is 19.6 Å². The highest BCUT2D eigenvalue weighted by atomic mass is 16.4. The summed E-state index contributed by atoms with van der Waals surface area (Å²) in [5, 5.41) is 30.9. The van der Waals surface area contributed by atoms with Crippen LogP contribution in [0.5, 0.6) is 5.75 Å². The Bertz CT molecular complexity index is 742. The summed E-state index contributed by atoms with van der Waals surface area (Å²) in [5.74, 6) is -2.69. The summed E-state index contributed by atoms with van der Waals surface area (Å²) < 4.78 is 0. The number of carboxylic acid groups (broad SMARTS) is 2. The highest BCUT2D eigenvalue weighted by Crippen LogP contribution is 2.12. The van der Waals surface area contributed by atoms with Crippen molar-refractivity contribution in [2.45, 2.75) is 14.4 Å². The van der Waals surface area contributed by atoms with Gasteiger partial charge in [0.1, 0.15) is 5.69 Å². The van der Waals surface area contributed by atoms with E-state index in [1.165, 1.54) is 19.0 Å². The Morgan fingerprint density at radius 1 is 0.897 bits per heavy atom. The monoisotopic (exact) mass is 418 g/mol. The van der Waals surface area contributed by atoms with Crippen LogP contribution in [0.3, 0.4) is 0 Å². The van der Waals surface area contributed by atoms with Crippen LogP contribution >= 0.6 is 0 Å². The second kappa shape index (κ2) is 14.1. The molecule has 0 aromatic heterocycles. The average molecular weight is 418 g/mol. The molecule has 0 aliphatic rings. The lowest BCUT2D eigenvalue weighted by atomic mass is 10.2. The SMILES string of the molecule is C.CCN(CCN(CC(=O)O)CC(=O)NC)CC(=O)O.CNc1c(O)c(=O)c1=O. The van der Waals surface area contributed by atoms with Crippen LogP contribution in [0.4, 0.5) is 5.69 Å². The highest BCUT2D eigenvalue weighted by molar-refractivity contribution is 5.78. The van der Waals surface area contributed by atoms with Crippen LogP contribution in [0.2, 0.25) is 0 Å². The molecule has 0 aliphatic carbocycles. The maximum Gasteiger partial charge on any atom is 0.317 e. The second-order valence-electron chi connectivity index (χ2n) is 5.67. The molecule has 0 radical (unpaired) electrons. The van der Waals surface area contributed by atoms with Gasteiger partial charge in [0.05, 0.1) is 19.6 Å². The minimum absolute atomic E-state index is 0. The number of hydrogen-bond donors (Lipinski definition) is 5. The largest absolute Gasteiger partial charge is 0.502 e. The molecule has 1 rings (SSSR count). The van der Waals surface area contributed by atoms with Crippen molar-refractivity contribution in [1.82, 2.24) is 15.1 Å². The molecular weight excluding hydrogens is 388 g/mol. The maximum absolute atomic E-state index is 11.2. The van der Waals surface area contributed by atoms with E-state index in [9.17, 15) is 24.0 Å². The zero-order valence-corrected chi connectivity index (χ0v) is 16.0. The smallest absolute Gasteiger partial charge is 0.317 e. The van der Waals surface area contributed by atoms with Crippen LogP contribution < -0.4 is 21.5 Å². The summed E-state index contributed by atoms with van der Waals surface area (Å²) in [4.78, 5) is 56.3. The number of aliphatic carboxylic acids is 2. The number of carbonyl (C=O) groups is 3. The lowest BCUT2D eigenvalue weighted by Crippen LogP contribution is -2.43. The zero-order valence-electron chi connectivity index (χ0n) is 16.0. The van der Waals surface area contributed by atoms with E-state index in [1.807, 2.05) is 6.92 Å². The summed E-state index contributed by atoms with van der Waals surface area (Å²) in [7, 11) is 2.94. The number of hydrogen-bond acceptors (Lipinski definition) is 9. The minimum Gasteiger partial charge on any atom is -0.502 e. The fourth-order valence-corrected chi connectivity index (χ4v) is 2.12. The Morgan fingerprint density at radius 2 is 1.38 bits per heavy atom. The van der Waals surface area contributed by atoms with Crippen molar-refractivity contribution < 1.29 is 29.7 Å². The van der Waals surface area contributed by atoms with Crippen molar-refractivity contribution in [3.05, 3.63) is 20.4 Å². The van der Waals surface area contributed by atoms with Gasteiger partial charge in [-0.3, -0.25) is 33.8 Å². The molecule has 29 heavy (non-hydrogen) atoms. The molecule has 1 aromatic carbocycles. The standard InChI is InChI=1S/C11H21N3O5.C5H5NO3.CH4/c1-3-13(7-10(16)17)4-5-14(8-11(18)19)6-9(15)12-2;1-6-2-3(7)5(9)4(2)8;/h3-8H2,1-2H3,(H,12,15)(H,16,17)(H,18,19);6-7H,1H3;1H4. The number of carboxylic acids is 2. The summed E-state index contributed by atoms with van der Waals surface area (Å²) >= 11 is 0. The molecule has 0 unspecified atom stereocenters. The normalized spacial score (nSPS) is 10.1. The average Bonchev–Trinajstić information content (AvgIpc) is 2.64. The lowest BCUT2D eigenvalue weighted by Gasteiger charge is -2.24. The summed E-state index contributed by atoms with van der Waals surface area (Å²) in [6.45, 7) is 2.72. The van der Waals surface area contributed by atoms with Gasteiger partial charge in [-0.15, -0.1) is 0 Å². The Hall–Kier alpha value is -2.99. The van der Waals surface area contributed by atoms with Gasteiger partial charge in [0.2, 0.25) is 5.91 Å². The Kier molecular flexibility index (Phi) is 13.7. The molecule has 0 aliphatic heterocycles. The summed E-state index contributed by atoms with van der Waals surface area (Å²) in [6, 6.07) is 0. The van der Waals surface area contributed by atoms with Crippen LogP contribution in [0.25, 0.3) is 0 Å². The Morgan fingerprint density at radius 3 is 1.72 bits per heavy atom. The fourth-order valence-electron chi connectivity index (χ4n) is 2.12.